The highest BCUT2D eigenvalue weighted by Crippen LogP contribution is 2.25. The Morgan fingerprint density at radius 3 is 2.04 bits per heavy atom. The van der Waals surface area contributed by atoms with Crippen LogP contribution in [0.2, 0.25) is 0 Å². The number of nitrogens with one attached hydrogen (secondary N) is 1. The molecule has 0 aliphatic carbocycles. The van der Waals surface area contributed by atoms with E-state index >= 15 is 0 Å². The predicted octanol–water partition coefficient (Wildman–Crippen LogP) is 2.60. The molecule has 1 saturated heterocycles. The molecule has 0 aromatic rings. The summed E-state index contributed by atoms with van der Waals surface area (Å²) in [5.74, 6) is 0.423. The molecule has 1 amide bonds. The summed E-state index contributed by atoms with van der Waals surface area (Å²) in [5.41, 5.74) is 0. The SMILES string of the molecule is CC(C)CC(NC(=O)C(C(C)C)N1CC(C)CC(C)C1)C(=O)O. The third-order valence-electron chi connectivity index (χ3n) is 4.51. The fourth-order valence-electron chi connectivity index (χ4n) is 3.78. The molecule has 4 atom stereocenters. The van der Waals surface area contributed by atoms with E-state index in [-0.39, 0.29) is 23.8 Å². The zero-order valence-electron chi connectivity index (χ0n) is 15.5. The zero-order chi connectivity index (χ0) is 17.7. The average molecular weight is 326 g/mol. The molecule has 2 N–H and O–H groups in total. The molecular formula is C18H34N2O3. The molecule has 134 valence electrons. The van der Waals surface area contributed by atoms with E-state index in [4.69, 9.17) is 0 Å². The van der Waals surface area contributed by atoms with Crippen LogP contribution in [0, 0.1) is 23.7 Å². The summed E-state index contributed by atoms with van der Waals surface area (Å²) in [5, 5.41) is 12.1. The lowest BCUT2D eigenvalue weighted by atomic mass is 9.88. The topological polar surface area (TPSA) is 69.6 Å². The Morgan fingerprint density at radius 2 is 1.65 bits per heavy atom. The number of piperidine rings is 1. The molecule has 1 fully saturated rings. The summed E-state index contributed by atoms with van der Waals surface area (Å²) in [6, 6.07) is -1.06. The van der Waals surface area contributed by atoms with Crippen molar-refractivity contribution < 1.29 is 14.7 Å². The molecule has 4 unspecified atom stereocenters. The Hall–Kier alpha value is -1.10. The second kappa shape index (κ2) is 8.67. The van der Waals surface area contributed by atoms with E-state index in [1.807, 2.05) is 27.7 Å². The van der Waals surface area contributed by atoms with Gasteiger partial charge in [0.25, 0.3) is 0 Å². The number of carbonyl (C=O) groups excluding carboxylic acids is 1. The van der Waals surface area contributed by atoms with E-state index in [1.54, 1.807) is 0 Å². The smallest absolute Gasteiger partial charge is 0.326 e. The number of carboxylic acid groups (broad SMARTS) is 1. The fourth-order valence-corrected chi connectivity index (χ4v) is 3.78. The first kappa shape index (κ1) is 19.9. The van der Waals surface area contributed by atoms with Gasteiger partial charge in [0, 0.05) is 13.1 Å². The van der Waals surface area contributed by atoms with Crippen LogP contribution < -0.4 is 5.32 Å². The van der Waals surface area contributed by atoms with Gasteiger partial charge in [-0.2, -0.15) is 0 Å². The normalized spacial score (nSPS) is 25.4. The first-order valence-electron chi connectivity index (χ1n) is 8.89. The first-order chi connectivity index (χ1) is 10.6. The van der Waals surface area contributed by atoms with Crippen molar-refractivity contribution in [2.24, 2.45) is 23.7 Å². The molecule has 0 radical (unpaired) electrons. The van der Waals surface area contributed by atoms with Gasteiger partial charge in [-0.15, -0.1) is 0 Å². The molecule has 0 saturated carbocycles. The number of rotatable bonds is 7. The van der Waals surface area contributed by atoms with Gasteiger partial charge < -0.3 is 10.4 Å². The summed E-state index contributed by atoms with van der Waals surface area (Å²) in [7, 11) is 0. The van der Waals surface area contributed by atoms with Crippen molar-refractivity contribution in [3.63, 3.8) is 0 Å². The Labute approximate surface area is 140 Å². The molecule has 0 bridgehead atoms. The van der Waals surface area contributed by atoms with Crippen molar-refractivity contribution in [1.82, 2.24) is 10.2 Å². The molecule has 1 aliphatic heterocycles. The molecule has 1 heterocycles. The highest BCUT2D eigenvalue weighted by molar-refractivity contribution is 5.87. The number of carbonyl (C=O) groups is 2. The molecule has 5 heteroatoms. The maximum atomic E-state index is 12.8. The minimum Gasteiger partial charge on any atom is -0.480 e. The Morgan fingerprint density at radius 1 is 1.13 bits per heavy atom. The quantitative estimate of drug-likeness (QED) is 0.754. The van der Waals surface area contributed by atoms with E-state index in [1.165, 1.54) is 6.42 Å². The lowest BCUT2D eigenvalue weighted by Crippen LogP contribution is -2.56. The summed E-state index contributed by atoms with van der Waals surface area (Å²) in [4.78, 5) is 26.4. The van der Waals surface area contributed by atoms with Gasteiger partial charge in [0.15, 0.2) is 0 Å². The number of nitrogens with zero attached hydrogens (tertiary/aromatic N) is 1. The van der Waals surface area contributed by atoms with Crippen LogP contribution in [-0.4, -0.2) is 47.1 Å². The van der Waals surface area contributed by atoms with Crippen molar-refractivity contribution in [3.8, 4) is 0 Å². The van der Waals surface area contributed by atoms with Gasteiger partial charge in [-0.3, -0.25) is 9.69 Å². The van der Waals surface area contributed by atoms with Crippen molar-refractivity contribution in [3.05, 3.63) is 0 Å². The van der Waals surface area contributed by atoms with Crippen LogP contribution in [0.3, 0.4) is 0 Å². The molecule has 1 aliphatic rings. The van der Waals surface area contributed by atoms with Crippen LogP contribution in [0.5, 0.6) is 0 Å². The van der Waals surface area contributed by atoms with E-state index in [0.717, 1.165) is 13.1 Å². The van der Waals surface area contributed by atoms with Crippen LogP contribution in [0.25, 0.3) is 0 Å². The standard InChI is InChI=1S/C18H34N2O3/c1-11(2)7-15(18(22)23)19-17(21)16(12(3)4)20-9-13(5)8-14(6)10-20/h11-16H,7-10H2,1-6H3,(H,19,21)(H,22,23). The maximum absolute atomic E-state index is 12.8. The van der Waals surface area contributed by atoms with Crippen LogP contribution in [-0.2, 0) is 9.59 Å². The summed E-state index contributed by atoms with van der Waals surface area (Å²) in [6.45, 7) is 14.3. The van der Waals surface area contributed by atoms with Crippen molar-refractivity contribution >= 4 is 11.9 Å². The summed E-state index contributed by atoms with van der Waals surface area (Å²) >= 11 is 0. The largest absolute Gasteiger partial charge is 0.480 e. The molecule has 0 aromatic heterocycles. The van der Waals surface area contributed by atoms with Gasteiger partial charge in [-0.25, -0.2) is 4.79 Å². The highest BCUT2D eigenvalue weighted by Gasteiger charge is 2.35. The molecule has 0 spiro atoms. The molecule has 1 rings (SSSR count). The second-order valence-corrected chi connectivity index (χ2v) is 8.12. The van der Waals surface area contributed by atoms with E-state index in [0.29, 0.717) is 18.3 Å². The van der Waals surface area contributed by atoms with Crippen LogP contribution in [0.4, 0.5) is 0 Å². The van der Waals surface area contributed by atoms with Crippen molar-refractivity contribution in [1.29, 1.82) is 0 Å². The zero-order valence-corrected chi connectivity index (χ0v) is 15.5. The maximum Gasteiger partial charge on any atom is 0.326 e. The summed E-state index contributed by atoms with van der Waals surface area (Å²) < 4.78 is 0. The van der Waals surface area contributed by atoms with E-state index in [9.17, 15) is 14.7 Å². The van der Waals surface area contributed by atoms with Crippen LogP contribution >= 0.6 is 0 Å². The number of hydrogen-bond acceptors (Lipinski definition) is 3. The van der Waals surface area contributed by atoms with Gasteiger partial charge in [0.1, 0.15) is 6.04 Å². The molecular weight excluding hydrogens is 292 g/mol. The number of amides is 1. The van der Waals surface area contributed by atoms with Crippen molar-refractivity contribution in [2.45, 2.75) is 66.5 Å². The van der Waals surface area contributed by atoms with Crippen molar-refractivity contribution in [2.75, 3.05) is 13.1 Å². The summed E-state index contributed by atoms with van der Waals surface area (Å²) in [6.07, 6.45) is 1.65. The average Bonchev–Trinajstić information content (AvgIpc) is 2.35. The third-order valence-corrected chi connectivity index (χ3v) is 4.51. The third kappa shape index (κ3) is 6.13. The van der Waals surface area contributed by atoms with Gasteiger partial charge in [-0.05, 0) is 36.5 Å². The lowest BCUT2D eigenvalue weighted by Gasteiger charge is -2.41. The predicted molar refractivity (Wildman–Crippen MR) is 92.2 cm³/mol. The molecule has 5 nitrogen and oxygen atoms in total. The van der Waals surface area contributed by atoms with Gasteiger partial charge >= 0.3 is 5.97 Å². The molecule has 0 aromatic carbocycles. The van der Waals surface area contributed by atoms with Crippen LogP contribution in [0.15, 0.2) is 0 Å². The first-order valence-corrected chi connectivity index (χ1v) is 8.89. The van der Waals surface area contributed by atoms with E-state index in [2.05, 4.69) is 24.1 Å². The van der Waals surface area contributed by atoms with Gasteiger partial charge in [0.05, 0.1) is 6.04 Å². The number of hydrogen-bond donors (Lipinski definition) is 2. The minimum absolute atomic E-state index is 0.144. The lowest BCUT2D eigenvalue weighted by molar-refractivity contribution is -0.144. The van der Waals surface area contributed by atoms with Crippen LogP contribution in [0.1, 0.15) is 54.4 Å². The fraction of sp³-hybridized carbons (Fsp3) is 0.889. The monoisotopic (exact) mass is 326 g/mol. The Balaban J connectivity index is 2.83. The highest BCUT2D eigenvalue weighted by atomic mass is 16.4. The number of aliphatic carboxylic acids is 1. The number of likely N-dealkylation sites (tertiary alicyclic amines) is 1. The minimum atomic E-state index is -0.949. The Bertz CT molecular complexity index is 399. The molecule has 23 heavy (non-hydrogen) atoms. The Kier molecular flexibility index (Phi) is 7.52. The van der Waals surface area contributed by atoms with Gasteiger partial charge in [0.2, 0.25) is 5.91 Å². The van der Waals surface area contributed by atoms with E-state index < -0.39 is 12.0 Å². The van der Waals surface area contributed by atoms with Gasteiger partial charge in [-0.1, -0.05) is 41.5 Å². The number of carboxylic acids is 1. The second-order valence-electron chi connectivity index (χ2n) is 8.12.